The SMILES string of the molecule is CCN(C)CCNc1snc(N)c1-c1nc(C)cs1. The number of thiazole rings is 1. The molecule has 0 saturated heterocycles. The Morgan fingerprint density at radius 2 is 2.26 bits per heavy atom. The van der Waals surface area contributed by atoms with Crippen LogP contribution in [-0.4, -0.2) is 40.9 Å². The molecule has 0 spiro atoms. The van der Waals surface area contributed by atoms with Crippen LogP contribution in [0.15, 0.2) is 5.38 Å². The number of aryl methyl sites for hydroxylation is 1. The smallest absolute Gasteiger partial charge is 0.149 e. The highest BCUT2D eigenvalue weighted by Gasteiger charge is 2.16. The predicted octanol–water partition coefficient (Wildman–Crippen LogP) is 2.52. The molecule has 2 aromatic heterocycles. The summed E-state index contributed by atoms with van der Waals surface area (Å²) in [5.74, 6) is 0.561. The third-order valence-electron chi connectivity index (χ3n) is 2.87. The zero-order valence-electron chi connectivity index (χ0n) is 11.4. The van der Waals surface area contributed by atoms with E-state index < -0.39 is 0 Å². The van der Waals surface area contributed by atoms with E-state index >= 15 is 0 Å². The second-order valence-electron chi connectivity index (χ2n) is 4.39. The zero-order valence-corrected chi connectivity index (χ0v) is 13.1. The van der Waals surface area contributed by atoms with Crippen molar-refractivity contribution in [2.75, 3.05) is 37.7 Å². The second-order valence-corrected chi connectivity index (χ2v) is 6.02. The lowest BCUT2D eigenvalue weighted by atomic mass is 10.3. The minimum atomic E-state index is 0.561. The molecule has 0 radical (unpaired) electrons. The molecule has 0 saturated carbocycles. The van der Waals surface area contributed by atoms with Gasteiger partial charge in [-0.05, 0) is 32.0 Å². The van der Waals surface area contributed by atoms with Crippen LogP contribution in [0.3, 0.4) is 0 Å². The Balaban J connectivity index is 2.10. The van der Waals surface area contributed by atoms with Gasteiger partial charge in [-0.15, -0.1) is 11.3 Å². The van der Waals surface area contributed by atoms with Crippen LogP contribution in [-0.2, 0) is 0 Å². The van der Waals surface area contributed by atoms with Gasteiger partial charge in [0.05, 0.1) is 5.56 Å². The van der Waals surface area contributed by atoms with Crippen molar-refractivity contribution in [2.45, 2.75) is 13.8 Å². The zero-order chi connectivity index (χ0) is 13.8. The summed E-state index contributed by atoms with van der Waals surface area (Å²) in [6.07, 6.45) is 0. The third-order valence-corrected chi connectivity index (χ3v) is 4.67. The van der Waals surface area contributed by atoms with Gasteiger partial charge in [-0.3, -0.25) is 0 Å². The van der Waals surface area contributed by atoms with Gasteiger partial charge in [0.1, 0.15) is 15.8 Å². The fourth-order valence-corrected chi connectivity index (χ4v) is 3.28. The van der Waals surface area contributed by atoms with Crippen LogP contribution < -0.4 is 11.1 Å². The van der Waals surface area contributed by atoms with Gasteiger partial charge in [0, 0.05) is 24.2 Å². The number of rotatable bonds is 6. The average molecular weight is 297 g/mol. The van der Waals surface area contributed by atoms with Crippen LogP contribution in [0.5, 0.6) is 0 Å². The van der Waals surface area contributed by atoms with Gasteiger partial charge in [-0.1, -0.05) is 6.92 Å². The summed E-state index contributed by atoms with van der Waals surface area (Å²) in [6, 6.07) is 0. The fourth-order valence-electron chi connectivity index (χ4n) is 1.62. The highest BCUT2D eigenvalue weighted by molar-refractivity contribution is 7.15. The molecule has 0 aromatic carbocycles. The summed E-state index contributed by atoms with van der Waals surface area (Å²) < 4.78 is 4.23. The summed E-state index contributed by atoms with van der Waals surface area (Å²) in [7, 11) is 2.10. The van der Waals surface area contributed by atoms with Gasteiger partial charge in [0.25, 0.3) is 0 Å². The normalized spacial score (nSPS) is 11.2. The van der Waals surface area contributed by atoms with Crippen molar-refractivity contribution in [3.63, 3.8) is 0 Å². The lowest BCUT2D eigenvalue weighted by Crippen LogP contribution is -2.24. The molecule has 5 nitrogen and oxygen atoms in total. The Kier molecular flexibility index (Phi) is 4.73. The van der Waals surface area contributed by atoms with E-state index in [0.717, 1.165) is 40.9 Å². The summed E-state index contributed by atoms with van der Waals surface area (Å²) in [4.78, 5) is 6.74. The number of likely N-dealkylation sites (N-methyl/N-ethyl adjacent to an activating group) is 1. The van der Waals surface area contributed by atoms with Crippen molar-refractivity contribution in [2.24, 2.45) is 0 Å². The monoisotopic (exact) mass is 297 g/mol. The lowest BCUT2D eigenvalue weighted by molar-refractivity contribution is 0.367. The number of nitrogens with zero attached hydrogens (tertiary/aromatic N) is 3. The Labute approximate surface area is 121 Å². The number of hydrogen-bond acceptors (Lipinski definition) is 7. The first-order valence-corrected chi connectivity index (χ1v) is 7.87. The first-order chi connectivity index (χ1) is 9.11. The molecule has 104 valence electrons. The van der Waals surface area contributed by atoms with Crippen LogP contribution >= 0.6 is 22.9 Å². The van der Waals surface area contributed by atoms with E-state index in [1.54, 1.807) is 11.3 Å². The second kappa shape index (κ2) is 6.31. The maximum absolute atomic E-state index is 5.96. The molecule has 0 aliphatic heterocycles. The fraction of sp³-hybridized carbons (Fsp3) is 0.500. The Morgan fingerprint density at radius 3 is 2.89 bits per heavy atom. The molecule has 0 fully saturated rings. The number of nitrogens with two attached hydrogens (primary N) is 1. The molecule has 2 aromatic rings. The molecule has 0 amide bonds. The van der Waals surface area contributed by atoms with Crippen molar-refractivity contribution < 1.29 is 0 Å². The molecule has 0 atom stereocenters. The van der Waals surface area contributed by atoms with Crippen LogP contribution in [0.1, 0.15) is 12.6 Å². The molecule has 3 N–H and O–H groups in total. The largest absolute Gasteiger partial charge is 0.382 e. The minimum absolute atomic E-state index is 0.561. The topological polar surface area (TPSA) is 67.1 Å². The molecule has 7 heteroatoms. The van der Waals surface area contributed by atoms with Gasteiger partial charge in [-0.25, -0.2) is 4.98 Å². The van der Waals surface area contributed by atoms with Crippen LogP contribution in [0.2, 0.25) is 0 Å². The van der Waals surface area contributed by atoms with E-state index in [1.165, 1.54) is 11.5 Å². The predicted molar refractivity (Wildman–Crippen MR) is 84.0 cm³/mol. The number of hydrogen-bond donors (Lipinski definition) is 2. The minimum Gasteiger partial charge on any atom is -0.382 e. The summed E-state index contributed by atoms with van der Waals surface area (Å²) in [6.45, 7) is 7.05. The highest BCUT2D eigenvalue weighted by atomic mass is 32.1. The van der Waals surface area contributed by atoms with Gasteiger partial charge >= 0.3 is 0 Å². The molecule has 0 aliphatic carbocycles. The molecular formula is C12H19N5S2. The highest BCUT2D eigenvalue weighted by Crippen LogP contribution is 2.38. The standard InChI is InChI=1S/C12H19N5S2/c1-4-17(3)6-5-14-11-9(10(13)16-19-11)12-15-8(2)7-18-12/h7,14H,4-6H2,1-3H3,(H2,13,16). The van der Waals surface area contributed by atoms with Crippen molar-refractivity contribution >= 4 is 33.7 Å². The van der Waals surface area contributed by atoms with E-state index in [4.69, 9.17) is 5.73 Å². The maximum Gasteiger partial charge on any atom is 0.149 e. The van der Waals surface area contributed by atoms with Gasteiger partial charge in [0.2, 0.25) is 0 Å². The summed E-state index contributed by atoms with van der Waals surface area (Å²) in [5, 5.41) is 7.39. The first-order valence-electron chi connectivity index (χ1n) is 6.22. The Morgan fingerprint density at radius 1 is 1.47 bits per heavy atom. The first kappa shape index (κ1) is 14.2. The molecule has 19 heavy (non-hydrogen) atoms. The molecule has 0 unspecified atom stereocenters. The molecule has 2 rings (SSSR count). The van der Waals surface area contributed by atoms with E-state index in [1.807, 2.05) is 12.3 Å². The van der Waals surface area contributed by atoms with E-state index in [9.17, 15) is 0 Å². The number of nitrogens with one attached hydrogen (secondary N) is 1. The Hall–Kier alpha value is -1.18. The molecule has 2 heterocycles. The van der Waals surface area contributed by atoms with Crippen LogP contribution in [0.4, 0.5) is 10.8 Å². The van der Waals surface area contributed by atoms with Crippen LogP contribution in [0.25, 0.3) is 10.6 Å². The van der Waals surface area contributed by atoms with Crippen LogP contribution in [0, 0.1) is 6.92 Å². The van der Waals surface area contributed by atoms with Crippen molar-refractivity contribution in [3.8, 4) is 10.6 Å². The van der Waals surface area contributed by atoms with Crippen molar-refractivity contribution in [3.05, 3.63) is 11.1 Å². The summed E-state index contributed by atoms with van der Waals surface area (Å²) in [5.41, 5.74) is 7.92. The van der Waals surface area contributed by atoms with Crippen molar-refractivity contribution in [1.82, 2.24) is 14.3 Å². The number of aromatic nitrogens is 2. The van der Waals surface area contributed by atoms with Gasteiger partial charge in [0.15, 0.2) is 0 Å². The number of anilines is 2. The molecule has 0 aliphatic rings. The third kappa shape index (κ3) is 3.43. The van der Waals surface area contributed by atoms with E-state index in [0.29, 0.717) is 5.82 Å². The lowest BCUT2D eigenvalue weighted by Gasteiger charge is -2.14. The average Bonchev–Trinajstić information content (AvgIpc) is 2.95. The number of nitrogen functional groups attached to an aromatic ring is 1. The molecule has 0 bridgehead atoms. The van der Waals surface area contributed by atoms with Crippen molar-refractivity contribution in [1.29, 1.82) is 0 Å². The maximum atomic E-state index is 5.96. The Bertz CT molecular complexity index is 534. The van der Waals surface area contributed by atoms with E-state index in [2.05, 4.69) is 33.5 Å². The van der Waals surface area contributed by atoms with Gasteiger partial charge in [-0.2, -0.15) is 4.37 Å². The van der Waals surface area contributed by atoms with E-state index in [-0.39, 0.29) is 0 Å². The molecular weight excluding hydrogens is 278 g/mol. The van der Waals surface area contributed by atoms with Gasteiger partial charge < -0.3 is 16.0 Å². The quantitative estimate of drug-likeness (QED) is 0.857. The summed E-state index contributed by atoms with van der Waals surface area (Å²) >= 11 is 3.01.